The number of carbonyl (C=O) groups is 1. The topological polar surface area (TPSA) is 49.8 Å². The molecule has 1 N–H and O–H groups in total. The van der Waals surface area contributed by atoms with Gasteiger partial charge in [-0.2, -0.15) is 0 Å². The third kappa shape index (κ3) is 2.90. The molecule has 1 aliphatic rings. The molecule has 1 amide bonds. The smallest absolute Gasteiger partial charge is 0.411 e. The molecule has 80 valence electrons. The number of rotatable bonds is 0. The highest BCUT2D eigenvalue weighted by Gasteiger charge is 2.28. The summed E-state index contributed by atoms with van der Waals surface area (Å²) in [5, 5.41) is 9.30. The highest BCUT2D eigenvalue weighted by molar-refractivity contribution is 9.11. The van der Waals surface area contributed by atoms with Crippen molar-refractivity contribution in [2.45, 2.75) is 26.4 Å². The highest BCUT2D eigenvalue weighted by atomic mass is 79.9. The van der Waals surface area contributed by atoms with Gasteiger partial charge < -0.3 is 9.84 Å². The maximum absolute atomic E-state index is 11.5. The van der Waals surface area contributed by atoms with Crippen molar-refractivity contribution in [1.29, 1.82) is 0 Å². The summed E-state index contributed by atoms with van der Waals surface area (Å²) in [5.41, 5.74) is -0.498. The fraction of sp³-hybridized carbons (Fsp3) is 0.667. The first-order valence-corrected chi connectivity index (χ1v) is 5.13. The van der Waals surface area contributed by atoms with E-state index in [4.69, 9.17) is 4.74 Å². The van der Waals surface area contributed by atoms with E-state index in [-0.39, 0.29) is 12.3 Å². The first-order chi connectivity index (χ1) is 6.29. The molecule has 0 saturated carbocycles. The average molecular weight is 264 g/mol. The molecule has 0 aromatic heterocycles. The van der Waals surface area contributed by atoms with Gasteiger partial charge in [-0.1, -0.05) is 0 Å². The number of hydrogen-bond acceptors (Lipinski definition) is 3. The summed E-state index contributed by atoms with van der Waals surface area (Å²) in [5.74, 6) is 0.191. The van der Waals surface area contributed by atoms with Gasteiger partial charge in [0.25, 0.3) is 0 Å². The standard InChI is InChI=1S/C9H14BrNO3/c1-9(2,3)14-8(13)11-4-6(10)7(12)5-11/h12H,4-5H2,1-3H3. The first kappa shape index (κ1) is 11.4. The van der Waals surface area contributed by atoms with Crippen LogP contribution in [0.2, 0.25) is 0 Å². The number of aliphatic hydroxyl groups is 1. The van der Waals surface area contributed by atoms with Gasteiger partial charge in [0.15, 0.2) is 0 Å². The van der Waals surface area contributed by atoms with E-state index >= 15 is 0 Å². The lowest BCUT2D eigenvalue weighted by Crippen LogP contribution is -2.35. The van der Waals surface area contributed by atoms with Crippen molar-refractivity contribution in [2.75, 3.05) is 13.1 Å². The Morgan fingerprint density at radius 1 is 1.50 bits per heavy atom. The van der Waals surface area contributed by atoms with Gasteiger partial charge in [-0.3, -0.25) is 4.90 Å². The van der Waals surface area contributed by atoms with Crippen molar-refractivity contribution in [3.8, 4) is 0 Å². The van der Waals surface area contributed by atoms with Crippen LogP contribution in [-0.2, 0) is 4.74 Å². The van der Waals surface area contributed by atoms with Crippen LogP contribution in [0.25, 0.3) is 0 Å². The number of amides is 1. The zero-order chi connectivity index (χ0) is 10.9. The van der Waals surface area contributed by atoms with Crippen LogP contribution in [0.5, 0.6) is 0 Å². The van der Waals surface area contributed by atoms with E-state index in [0.29, 0.717) is 11.0 Å². The maximum Gasteiger partial charge on any atom is 0.411 e. The van der Waals surface area contributed by atoms with Crippen LogP contribution >= 0.6 is 15.9 Å². The Morgan fingerprint density at radius 3 is 2.43 bits per heavy atom. The number of nitrogens with zero attached hydrogens (tertiary/aromatic N) is 1. The molecule has 0 spiro atoms. The van der Waals surface area contributed by atoms with Gasteiger partial charge in [0, 0.05) is 0 Å². The Hall–Kier alpha value is -0.710. The second-order valence-corrected chi connectivity index (χ2v) is 5.15. The van der Waals surface area contributed by atoms with Crippen molar-refractivity contribution in [2.24, 2.45) is 0 Å². The fourth-order valence-electron chi connectivity index (χ4n) is 1.04. The summed E-state index contributed by atoms with van der Waals surface area (Å²) in [6.45, 7) is 6.02. The van der Waals surface area contributed by atoms with E-state index in [9.17, 15) is 9.90 Å². The third-order valence-corrected chi connectivity index (χ3v) is 2.34. The molecular weight excluding hydrogens is 250 g/mol. The van der Waals surface area contributed by atoms with Crippen molar-refractivity contribution >= 4 is 22.0 Å². The molecule has 0 atom stereocenters. The van der Waals surface area contributed by atoms with Crippen LogP contribution in [0.1, 0.15) is 20.8 Å². The Labute approximate surface area is 91.7 Å². The number of aliphatic hydroxyl groups excluding tert-OH is 1. The van der Waals surface area contributed by atoms with E-state index in [1.165, 1.54) is 4.90 Å². The van der Waals surface area contributed by atoms with Crippen molar-refractivity contribution < 1.29 is 14.6 Å². The van der Waals surface area contributed by atoms with E-state index in [2.05, 4.69) is 15.9 Å². The highest BCUT2D eigenvalue weighted by Crippen LogP contribution is 2.22. The zero-order valence-electron chi connectivity index (χ0n) is 8.50. The quantitative estimate of drug-likeness (QED) is 0.730. The normalized spacial score (nSPS) is 17.6. The fourth-order valence-corrected chi connectivity index (χ4v) is 1.46. The predicted molar refractivity (Wildman–Crippen MR) is 56.4 cm³/mol. The van der Waals surface area contributed by atoms with Crippen molar-refractivity contribution in [1.82, 2.24) is 4.90 Å². The number of ether oxygens (including phenoxy) is 1. The Balaban J connectivity index is 2.51. The second kappa shape index (κ2) is 3.81. The van der Waals surface area contributed by atoms with Gasteiger partial charge in [0.05, 0.1) is 17.6 Å². The Morgan fingerprint density at radius 2 is 2.07 bits per heavy atom. The van der Waals surface area contributed by atoms with Crippen LogP contribution in [0.3, 0.4) is 0 Å². The molecule has 1 rings (SSSR count). The molecule has 1 aliphatic heterocycles. The van der Waals surface area contributed by atoms with E-state index < -0.39 is 11.7 Å². The molecule has 0 aromatic rings. The molecular formula is C9H14BrNO3. The van der Waals surface area contributed by atoms with Crippen LogP contribution in [0.4, 0.5) is 4.79 Å². The minimum atomic E-state index is -0.498. The van der Waals surface area contributed by atoms with Crippen LogP contribution in [-0.4, -0.2) is 34.8 Å². The molecule has 5 heteroatoms. The first-order valence-electron chi connectivity index (χ1n) is 4.34. The van der Waals surface area contributed by atoms with E-state index in [0.717, 1.165) is 0 Å². The van der Waals surface area contributed by atoms with Gasteiger partial charge in [0.1, 0.15) is 11.4 Å². The summed E-state index contributed by atoms with van der Waals surface area (Å²) in [4.78, 5) is 12.9. The Kier molecular flexibility index (Phi) is 3.09. The lowest BCUT2D eigenvalue weighted by Gasteiger charge is -2.24. The van der Waals surface area contributed by atoms with Gasteiger partial charge in [0.2, 0.25) is 0 Å². The summed E-state index contributed by atoms with van der Waals surface area (Å²) >= 11 is 3.17. The summed E-state index contributed by atoms with van der Waals surface area (Å²) in [6.07, 6.45) is -0.404. The Bertz CT molecular complexity index is 266. The average Bonchev–Trinajstić information content (AvgIpc) is 2.28. The summed E-state index contributed by atoms with van der Waals surface area (Å²) < 4.78 is 5.79. The maximum atomic E-state index is 11.5. The van der Waals surface area contributed by atoms with Crippen molar-refractivity contribution in [3.05, 3.63) is 10.2 Å². The van der Waals surface area contributed by atoms with E-state index in [1.54, 1.807) is 0 Å². The van der Waals surface area contributed by atoms with Gasteiger partial charge >= 0.3 is 6.09 Å². The molecule has 0 fully saturated rings. The summed E-state index contributed by atoms with van der Waals surface area (Å²) in [6, 6.07) is 0. The second-order valence-electron chi connectivity index (χ2n) is 4.19. The molecule has 0 aromatic carbocycles. The predicted octanol–water partition coefficient (Wildman–Crippen LogP) is 2.40. The molecule has 1 heterocycles. The van der Waals surface area contributed by atoms with Crippen LogP contribution in [0, 0.1) is 0 Å². The molecule has 0 bridgehead atoms. The van der Waals surface area contributed by atoms with Crippen molar-refractivity contribution in [3.63, 3.8) is 0 Å². The van der Waals surface area contributed by atoms with Crippen LogP contribution < -0.4 is 0 Å². The molecule has 14 heavy (non-hydrogen) atoms. The number of hydrogen-bond donors (Lipinski definition) is 1. The zero-order valence-corrected chi connectivity index (χ0v) is 10.1. The minimum Gasteiger partial charge on any atom is -0.510 e. The minimum absolute atomic E-state index is 0.191. The van der Waals surface area contributed by atoms with Gasteiger partial charge in [-0.15, -0.1) is 0 Å². The molecule has 0 aliphatic carbocycles. The lowest BCUT2D eigenvalue weighted by molar-refractivity contribution is 0.0291. The lowest BCUT2D eigenvalue weighted by atomic mass is 10.2. The third-order valence-electron chi connectivity index (χ3n) is 1.64. The molecule has 0 saturated heterocycles. The van der Waals surface area contributed by atoms with E-state index in [1.807, 2.05) is 20.8 Å². The monoisotopic (exact) mass is 263 g/mol. The molecule has 4 nitrogen and oxygen atoms in total. The SMILES string of the molecule is CC(C)(C)OC(=O)N1CC(O)=C(Br)C1. The summed E-state index contributed by atoms with van der Waals surface area (Å²) in [7, 11) is 0. The van der Waals surface area contributed by atoms with Crippen LogP contribution in [0.15, 0.2) is 10.2 Å². The van der Waals surface area contributed by atoms with Gasteiger partial charge in [-0.05, 0) is 36.7 Å². The molecule has 0 unspecified atom stereocenters. The number of carbonyl (C=O) groups excluding carboxylic acids is 1. The largest absolute Gasteiger partial charge is 0.510 e. The number of halogens is 1. The van der Waals surface area contributed by atoms with Gasteiger partial charge in [-0.25, -0.2) is 4.79 Å². The molecule has 0 radical (unpaired) electrons.